The molecule has 0 amide bonds. The van der Waals surface area contributed by atoms with E-state index in [1.165, 1.54) is 24.3 Å². The molecule has 0 aliphatic carbocycles. The quantitative estimate of drug-likeness (QED) is 0.501. The van der Waals surface area contributed by atoms with Crippen molar-refractivity contribution in [1.82, 2.24) is 0 Å². The fourth-order valence-electron chi connectivity index (χ4n) is 1.02. The zero-order valence-corrected chi connectivity index (χ0v) is 10.5. The number of rotatable bonds is 5. The molecule has 0 spiro atoms. The second-order valence-electron chi connectivity index (χ2n) is 3.75. The average Bonchev–Trinajstić information content (AvgIpc) is 2.35. The Morgan fingerprint density at radius 1 is 1.41 bits per heavy atom. The molecule has 2 atom stereocenters. The Kier molecular flexibility index (Phi) is 5.25. The molecule has 94 valence electrons. The van der Waals surface area contributed by atoms with Gasteiger partial charge in [0.15, 0.2) is 5.56 Å². The van der Waals surface area contributed by atoms with Crippen LogP contribution in [0, 0.1) is 5.92 Å². The molecule has 0 fully saturated rings. The lowest BCUT2D eigenvalue weighted by molar-refractivity contribution is -0.262. The van der Waals surface area contributed by atoms with E-state index in [9.17, 15) is 4.79 Å². The van der Waals surface area contributed by atoms with Gasteiger partial charge >= 0.3 is 5.97 Å². The summed E-state index contributed by atoms with van der Waals surface area (Å²) >= 11 is 5.85. The topological polar surface area (TPSA) is 55.8 Å². The molecule has 4 nitrogen and oxygen atoms in total. The van der Waals surface area contributed by atoms with Crippen LogP contribution >= 0.6 is 11.6 Å². The van der Waals surface area contributed by atoms with E-state index < -0.39 is 11.5 Å². The van der Waals surface area contributed by atoms with Gasteiger partial charge < -0.3 is 5.11 Å². The highest BCUT2D eigenvalue weighted by atomic mass is 35.5. The van der Waals surface area contributed by atoms with Gasteiger partial charge in [-0.05, 0) is 30.7 Å². The van der Waals surface area contributed by atoms with Crippen LogP contribution in [0.15, 0.2) is 24.3 Å². The van der Waals surface area contributed by atoms with Gasteiger partial charge in [-0.25, -0.2) is 4.79 Å². The molecule has 0 aliphatic heterocycles. The first-order valence-electron chi connectivity index (χ1n) is 5.35. The molecule has 1 N–H and O–H groups in total. The first kappa shape index (κ1) is 13.8. The normalized spacial score (nSPS) is 14.1. The largest absolute Gasteiger partial charge is 0.508 e. The minimum Gasteiger partial charge on any atom is -0.508 e. The molecule has 0 bridgehead atoms. The Morgan fingerprint density at radius 2 is 2.00 bits per heavy atom. The van der Waals surface area contributed by atoms with Crippen molar-refractivity contribution in [1.29, 1.82) is 0 Å². The molecule has 0 heterocycles. The number of halogens is 1. The molecule has 17 heavy (non-hydrogen) atoms. The van der Waals surface area contributed by atoms with Gasteiger partial charge in [-0.1, -0.05) is 25.4 Å². The summed E-state index contributed by atoms with van der Waals surface area (Å²) in [5, 5.41) is 9.06. The standard InChI is InChI=1S/C12H15ClO4/c1-3-8(2)11(13)16-17-12(15)9-4-6-10(14)7-5-9/h4-8,11,14H,3H2,1-2H3/t8-,11+/m0/s1. The molecule has 1 rings (SSSR count). The Hall–Kier alpha value is -1.26. The third-order valence-electron chi connectivity index (χ3n) is 2.41. The number of carbonyl (C=O) groups is 1. The fourth-order valence-corrected chi connectivity index (χ4v) is 1.23. The van der Waals surface area contributed by atoms with E-state index in [1.807, 2.05) is 13.8 Å². The molecule has 0 aromatic heterocycles. The first-order valence-corrected chi connectivity index (χ1v) is 5.79. The first-order chi connectivity index (χ1) is 8.04. The average molecular weight is 259 g/mol. The molecule has 0 unspecified atom stereocenters. The lowest BCUT2D eigenvalue weighted by atomic mass is 10.1. The Bertz CT molecular complexity index is 363. The second-order valence-corrected chi connectivity index (χ2v) is 4.18. The highest BCUT2D eigenvalue weighted by Crippen LogP contribution is 2.17. The summed E-state index contributed by atoms with van der Waals surface area (Å²) in [6.45, 7) is 3.86. The lowest BCUT2D eigenvalue weighted by Gasteiger charge is -2.14. The number of aromatic hydroxyl groups is 1. The molecular weight excluding hydrogens is 244 g/mol. The van der Waals surface area contributed by atoms with Gasteiger partial charge in [0.25, 0.3) is 0 Å². The number of phenols is 1. The summed E-state index contributed by atoms with van der Waals surface area (Å²) in [6, 6.07) is 5.66. The van der Waals surface area contributed by atoms with Crippen molar-refractivity contribution >= 4 is 17.6 Å². The van der Waals surface area contributed by atoms with Crippen molar-refractivity contribution in [2.45, 2.75) is 25.8 Å². The van der Waals surface area contributed by atoms with Crippen molar-refractivity contribution in [3.8, 4) is 5.75 Å². The molecule has 1 aromatic carbocycles. The van der Waals surface area contributed by atoms with Crippen LogP contribution in [-0.2, 0) is 9.78 Å². The summed E-state index contributed by atoms with van der Waals surface area (Å²) < 4.78 is 0. The zero-order valence-electron chi connectivity index (χ0n) is 9.72. The van der Waals surface area contributed by atoms with Crippen LogP contribution < -0.4 is 0 Å². The molecular formula is C12H15ClO4. The number of alkyl halides is 1. The number of benzene rings is 1. The van der Waals surface area contributed by atoms with Crippen molar-refractivity contribution in [3.63, 3.8) is 0 Å². The molecule has 5 heteroatoms. The minimum atomic E-state index is -0.666. The van der Waals surface area contributed by atoms with Gasteiger partial charge in [0.1, 0.15) is 5.75 Å². The molecule has 1 aromatic rings. The third kappa shape index (κ3) is 4.24. The third-order valence-corrected chi connectivity index (χ3v) is 2.91. The Morgan fingerprint density at radius 3 is 2.53 bits per heavy atom. The predicted octanol–water partition coefficient (Wildman–Crippen LogP) is 3.09. The molecule has 0 saturated carbocycles. The van der Waals surface area contributed by atoms with Gasteiger partial charge in [0.05, 0.1) is 5.56 Å². The minimum absolute atomic E-state index is 0.0808. The molecule has 0 radical (unpaired) electrons. The van der Waals surface area contributed by atoms with Crippen molar-refractivity contribution in [2.24, 2.45) is 5.92 Å². The molecule has 0 saturated heterocycles. The van der Waals surface area contributed by atoms with Crippen molar-refractivity contribution < 1.29 is 19.7 Å². The van der Waals surface area contributed by atoms with Crippen molar-refractivity contribution in [2.75, 3.05) is 0 Å². The number of carbonyl (C=O) groups excluding carboxylic acids is 1. The highest BCUT2D eigenvalue weighted by Gasteiger charge is 2.17. The van der Waals surface area contributed by atoms with E-state index >= 15 is 0 Å². The summed E-state index contributed by atoms with van der Waals surface area (Å²) in [7, 11) is 0. The lowest BCUT2D eigenvalue weighted by Crippen LogP contribution is -2.17. The highest BCUT2D eigenvalue weighted by molar-refractivity contribution is 6.19. The summed E-state index contributed by atoms with van der Waals surface area (Å²) in [6.07, 6.45) is 0.824. The van der Waals surface area contributed by atoms with Gasteiger partial charge in [-0.3, -0.25) is 4.89 Å². The van der Waals surface area contributed by atoms with Gasteiger partial charge in [0, 0.05) is 5.92 Å². The van der Waals surface area contributed by atoms with Crippen molar-refractivity contribution in [3.05, 3.63) is 29.8 Å². The smallest absolute Gasteiger partial charge is 0.373 e. The van der Waals surface area contributed by atoms with E-state index in [0.29, 0.717) is 0 Å². The van der Waals surface area contributed by atoms with Gasteiger partial charge in [0.2, 0.25) is 0 Å². The SMILES string of the molecule is CC[C@H](C)[C@H](Cl)OOC(=O)c1ccc(O)cc1. The van der Waals surface area contributed by atoms with Crippen LogP contribution in [-0.4, -0.2) is 16.6 Å². The second kappa shape index (κ2) is 6.47. The van der Waals surface area contributed by atoms with E-state index in [4.69, 9.17) is 21.6 Å². The number of phenolic OH excluding ortho intramolecular Hbond substituents is 1. The van der Waals surface area contributed by atoms with Crippen LogP contribution in [0.4, 0.5) is 0 Å². The maximum Gasteiger partial charge on any atom is 0.373 e. The van der Waals surface area contributed by atoms with Gasteiger partial charge in [-0.2, -0.15) is 4.89 Å². The van der Waals surface area contributed by atoms with E-state index in [-0.39, 0.29) is 17.2 Å². The van der Waals surface area contributed by atoms with Gasteiger partial charge in [-0.15, -0.1) is 0 Å². The van der Waals surface area contributed by atoms with Crippen LogP contribution in [0.3, 0.4) is 0 Å². The fraction of sp³-hybridized carbons (Fsp3) is 0.417. The van der Waals surface area contributed by atoms with E-state index in [1.54, 1.807) is 0 Å². The van der Waals surface area contributed by atoms with Crippen LogP contribution in [0.25, 0.3) is 0 Å². The number of hydrogen-bond acceptors (Lipinski definition) is 4. The van der Waals surface area contributed by atoms with Crippen LogP contribution in [0.2, 0.25) is 0 Å². The maximum atomic E-state index is 11.5. The summed E-state index contributed by atoms with van der Waals surface area (Å²) in [5.41, 5.74) is -0.378. The predicted molar refractivity (Wildman–Crippen MR) is 63.7 cm³/mol. The number of hydrogen-bond donors (Lipinski definition) is 1. The van der Waals surface area contributed by atoms with E-state index in [2.05, 4.69) is 4.89 Å². The zero-order chi connectivity index (χ0) is 12.8. The molecule has 0 aliphatic rings. The maximum absolute atomic E-state index is 11.5. The summed E-state index contributed by atoms with van der Waals surface area (Å²) in [4.78, 5) is 20.9. The monoisotopic (exact) mass is 258 g/mol. The Labute approximate surface area is 105 Å². The Balaban J connectivity index is 2.47. The summed E-state index contributed by atoms with van der Waals surface area (Å²) in [5.74, 6) is -0.472. The van der Waals surface area contributed by atoms with Crippen LogP contribution in [0.5, 0.6) is 5.75 Å². The van der Waals surface area contributed by atoms with Crippen LogP contribution in [0.1, 0.15) is 30.6 Å². The van der Waals surface area contributed by atoms with E-state index in [0.717, 1.165) is 6.42 Å².